The van der Waals surface area contributed by atoms with E-state index < -0.39 is 17.4 Å². The number of nitro groups is 2. The van der Waals surface area contributed by atoms with Crippen LogP contribution in [0.5, 0.6) is 0 Å². The Hall–Kier alpha value is -3.39. The van der Waals surface area contributed by atoms with Gasteiger partial charge in [0.1, 0.15) is 0 Å². The van der Waals surface area contributed by atoms with Crippen LogP contribution in [-0.4, -0.2) is 9.85 Å². The lowest BCUT2D eigenvalue weighted by atomic mass is 10.2. The van der Waals surface area contributed by atoms with Gasteiger partial charge in [0, 0.05) is 24.3 Å². The van der Waals surface area contributed by atoms with Crippen molar-refractivity contribution in [1.82, 2.24) is 0 Å². The van der Waals surface area contributed by atoms with Crippen molar-refractivity contribution >= 4 is 24.3 Å². The predicted octanol–water partition coefficient (Wildman–Crippen LogP) is 4.76. The Morgan fingerprint density at radius 2 is 1.07 bits per heavy atom. The van der Waals surface area contributed by atoms with Gasteiger partial charge in [-0.3, -0.25) is 24.8 Å². The van der Waals surface area contributed by atoms with Crippen LogP contribution < -0.4 is 5.30 Å². The first-order valence-corrected chi connectivity index (χ1v) is 10.3. The van der Waals surface area contributed by atoms with E-state index in [1.165, 1.54) is 48.5 Å². The van der Waals surface area contributed by atoms with Gasteiger partial charge in [0.2, 0.25) is 0 Å². The maximum atomic E-state index is 13.5. The molecule has 3 aromatic rings. The first kappa shape index (κ1) is 21.3. The fourth-order valence-corrected chi connectivity index (χ4v) is 4.09. The Morgan fingerprint density at radius 1 is 0.667 bits per heavy atom. The topological polar surface area (TPSA) is 122 Å². The van der Waals surface area contributed by atoms with E-state index in [1.807, 2.05) is 0 Å². The molecule has 0 heterocycles. The average molecular weight is 428 g/mol. The van der Waals surface area contributed by atoms with Crippen LogP contribution in [-0.2, 0) is 26.8 Å². The SMILES string of the molecule is O=[N+]([O-])c1ccc(COP(=O)(OCc2ccc([N+](=O)[O-])cc2)c2ccccc2)cc1. The summed E-state index contributed by atoms with van der Waals surface area (Å²) in [5.74, 6) is 0. The van der Waals surface area contributed by atoms with Crippen LogP contribution in [0.3, 0.4) is 0 Å². The van der Waals surface area contributed by atoms with E-state index in [1.54, 1.807) is 30.3 Å². The molecule has 9 nitrogen and oxygen atoms in total. The highest BCUT2D eigenvalue weighted by molar-refractivity contribution is 7.62. The van der Waals surface area contributed by atoms with Crippen molar-refractivity contribution in [2.75, 3.05) is 0 Å². The van der Waals surface area contributed by atoms with Gasteiger partial charge in [0.25, 0.3) is 11.4 Å². The third kappa shape index (κ3) is 5.36. The summed E-state index contributed by atoms with van der Waals surface area (Å²) < 4.78 is 24.7. The highest BCUT2D eigenvalue weighted by Crippen LogP contribution is 2.48. The predicted molar refractivity (Wildman–Crippen MR) is 109 cm³/mol. The van der Waals surface area contributed by atoms with Gasteiger partial charge >= 0.3 is 7.60 Å². The van der Waals surface area contributed by atoms with E-state index in [-0.39, 0.29) is 24.6 Å². The van der Waals surface area contributed by atoms with Gasteiger partial charge in [-0.1, -0.05) is 18.2 Å². The number of hydrogen-bond acceptors (Lipinski definition) is 7. The van der Waals surface area contributed by atoms with Crippen LogP contribution in [0.2, 0.25) is 0 Å². The Bertz CT molecular complexity index is 1010. The number of nitro benzene ring substituents is 2. The van der Waals surface area contributed by atoms with Crippen molar-refractivity contribution in [3.05, 3.63) is 110 Å². The summed E-state index contributed by atoms with van der Waals surface area (Å²) in [5.41, 5.74) is 1.07. The number of non-ortho nitro benzene ring substituents is 2. The zero-order chi connectivity index (χ0) is 21.6. The molecule has 154 valence electrons. The maximum absolute atomic E-state index is 13.5. The minimum Gasteiger partial charge on any atom is -0.300 e. The van der Waals surface area contributed by atoms with Gasteiger partial charge in [0.15, 0.2) is 0 Å². The second-order valence-electron chi connectivity index (χ2n) is 6.23. The molecule has 0 saturated carbocycles. The number of nitrogens with zero attached hydrogens (tertiary/aromatic N) is 2. The van der Waals surface area contributed by atoms with E-state index in [0.717, 1.165) is 0 Å². The van der Waals surface area contributed by atoms with Gasteiger partial charge in [-0.2, -0.15) is 0 Å². The summed E-state index contributed by atoms with van der Waals surface area (Å²) >= 11 is 0. The van der Waals surface area contributed by atoms with Crippen molar-refractivity contribution in [2.45, 2.75) is 13.2 Å². The molecule has 0 unspecified atom stereocenters. The van der Waals surface area contributed by atoms with E-state index in [4.69, 9.17) is 9.05 Å². The standard InChI is InChI=1S/C20H17N2O7P/c23-21(24)18-10-6-16(7-11-18)14-28-30(27,20-4-2-1-3-5-20)29-15-17-8-12-19(13-9-17)22(25)26/h1-13H,14-15H2. The van der Waals surface area contributed by atoms with Gasteiger partial charge in [-0.05, 0) is 47.5 Å². The van der Waals surface area contributed by atoms with Crippen molar-refractivity contribution in [3.63, 3.8) is 0 Å². The van der Waals surface area contributed by atoms with Gasteiger partial charge in [0.05, 0.1) is 28.4 Å². The lowest BCUT2D eigenvalue weighted by Crippen LogP contribution is -2.10. The molecule has 0 radical (unpaired) electrons. The van der Waals surface area contributed by atoms with Crippen LogP contribution in [0.4, 0.5) is 11.4 Å². The smallest absolute Gasteiger partial charge is 0.300 e. The fourth-order valence-electron chi connectivity index (χ4n) is 2.54. The fraction of sp³-hybridized carbons (Fsp3) is 0.100. The highest BCUT2D eigenvalue weighted by Gasteiger charge is 2.28. The number of benzene rings is 3. The molecule has 0 bridgehead atoms. The molecule has 0 aliphatic rings. The van der Waals surface area contributed by atoms with Crippen LogP contribution in [0.25, 0.3) is 0 Å². The van der Waals surface area contributed by atoms with Gasteiger partial charge < -0.3 is 9.05 Å². The Morgan fingerprint density at radius 3 is 1.43 bits per heavy atom. The normalized spacial score (nSPS) is 11.2. The molecule has 10 heteroatoms. The second-order valence-corrected chi connectivity index (χ2v) is 8.25. The molecular formula is C20H17N2O7P. The van der Waals surface area contributed by atoms with Crippen molar-refractivity contribution in [1.29, 1.82) is 0 Å². The molecule has 0 aliphatic heterocycles. The zero-order valence-electron chi connectivity index (χ0n) is 15.6. The van der Waals surface area contributed by atoms with E-state index in [0.29, 0.717) is 16.4 Å². The van der Waals surface area contributed by atoms with Crippen LogP contribution >= 0.6 is 7.60 Å². The molecule has 0 atom stereocenters. The third-order valence-electron chi connectivity index (χ3n) is 4.17. The molecule has 0 aliphatic carbocycles. The number of rotatable bonds is 9. The largest absolute Gasteiger partial charge is 0.361 e. The lowest BCUT2D eigenvalue weighted by molar-refractivity contribution is -0.385. The third-order valence-corrected chi connectivity index (χ3v) is 6.04. The van der Waals surface area contributed by atoms with E-state index in [9.17, 15) is 24.8 Å². The summed E-state index contributed by atoms with van der Waals surface area (Å²) in [6.07, 6.45) is 0. The van der Waals surface area contributed by atoms with Gasteiger partial charge in [-0.15, -0.1) is 0 Å². The van der Waals surface area contributed by atoms with E-state index in [2.05, 4.69) is 0 Å². The molecule has 0 fully saturated rings. The molecule has 0 saturated heterocycles. The second kappa shape index (κ2) is 9.41. The highest BCUT2D eigenvalue weighted by atomic mass is 31.2. The zero-order valence-corrected chi connectivity index (χ0v) is 16.5. The van der Waals surface area contributed by atoms with Crippen molar-refractivity contribution < 1.29 is 23.5 Å². The molecule has 0 amide bonds. The molecule has 0 aromatic heterocycles. The first-order chi connectivity index (χ1) is 14.4. The molecule has 30 heavy (non-hydrogen) atoms. The Kier molecular flexibility index (Phi) is 6.68. The summed E-state index contributed by atoms with van der Waals surface area (Å²) in [5, 5.41) is 21.9. The minimum absolute atomic E-state index is 0.0561. The summed E-state index contributed by atoms with van der Waals surface area (Å²) in [4.78, 5) is 20.5. The molecular weight excluding hydrogens is 411 g/mol. The van der Waals surface area contributed by atoms with Crippen molar-refractivity contribution in [3.8, 4) is 0 Å². The van der Waals surface area contributed by atoms with Gasteiger partial charge in [-0.25, -0.2) is 0 Å². The molecule has 0 spiro atoms. The molecule has 0 N–H and O–H groups in total. The monoisotopic (exact) mass is 428 g/mol. The van der Waals surface area contributed by atoms with Crippen molar-refractivity contribution in [2.24, 2.45) is 0 Å². The van der Waals surface area contributed by atoms with E-state index >= 15 is 0 Å². The van der Waals surface area contributed by atoms with Crippen LogP contribution in [0.15, 0.2) is 78.9 Å². The first-order valence-electron chi connectivity index (χ1n) is 8.79. The minimum atomic E-state index is -3.73. The summed E-state index contributed by atoms with van der Waals surface area (Å²) in [6.45, 7) is -0.158. The Balaban J connectivity index is 1.75. The molecule has 3 rings (SSSR count). The Labute approximate surface area is 171 Å². The summed E-state index contributed by atoms with van der Waals surface area (Å²) in [6, 6.07) is 19.8. The van der Waals surface area contributed by atoms with Crippen LogP contribution in [0.1, 0.15) is 11.1 Å². The number of hydrogen-bond donors (Lipinski definition) is 0. The lowest BCUT2D eigenvalue weighted by Gasteiger charge is -2.19. The maximum Gasteiger partial charge on any atom is 0.361 e. The van der Waals surface area contributed by atoms with Crippen LogP contribution in [0, 0.1) is 20.2 Å². The quantitative estimate of drug-likeness (QED) is 0.274. The summed E-state index contributed by atoms with van der Waals surface area (Å²) in [7, 11) is -3.73. The molecule has 3 aromatic carbocycles. The average Bonchev–Trinajstić information content (AvgIpc) is 2.77.